The minimum absolute atomic E-state index is 0.0690. The van der Waals surface area contributed by atoms with Crippen molar-refractivity contribution < 1.29 is 14.7 Å². The van der Waals surface area contributed by atoms with E-state index in [4.69, 9.17) is 5.11 Å². The van der Waals surface area contributed by atoms with E-state index in [0.717, 1.165) is 6.42 Å². The zero-order valence-corrected chi connectivity index (χ0v) is 10.4. The van der Waals surface area contributed by atoms with Crippen molar-refractivity contribution in [2.45, 2.75) is 46.2 Å². The Morgan fingerprint density at radius 1 is 1.25 bits per heavy atom. The van der Waals surface area contributed by atoms with E-state index in [1.54, 1.807) is 0 Å². The lowest BCUT2D eigenvalue weighted by Gasteiger charge is -2.20. The summed E-state index contributed by atoms with van der Waals surface area (Å²) in [5, 5.41) is 14.4. The number of carbonyl (C=O) groups excluding carboxylic acids is 1. The smallest absolute Gasteiger partial charge is 0.326 e. The summed E-state index contributed by atoms with van der Waals surface area (Å²) in [5.41, 5.74) is 0. The van der Waals surface area contributed by atoms with Gasteiger partial charge in [0.05, 0.1) is 6.54 Å². The van der Waals surface area contributed by atoms with Crippen molar-refractivity contribution in [3.63, 3.8) is 0 Å². The first-order valence-corrected chi connectivity index (χ1v) is 5.64. The number of amides is 1. The second kappa shape index (κ2) is 7.22. The summed E-state index contributed by atoms with van der Waals surface area (Å²) < 4.78 is 0. The Bertz CT molecular complexity index is 241. The molecule has 0 aliphatic carbocycles. The molecule has 0 aromatic heterocycles. The average Bonchev–Trinajstić information content (AvgIpc) is 2.21. The van der Waals surface area contributed by atoms with Crippen LogP contribution < -0.4 is 10.6 Å². The molecular formula is C11H22N2O3. The van der Waals surface area contributed by atoms with Crippen LogP contribution in [0, 0.1) is 5.92 Å². The molecule has 0 saturated carbocycles. The number of carbonyl (C=O) groups is 2. The zero-order valence-electron chi connectivity index (χ0n) is 10.4. The molecule has 0 radical (unpaired) electrons. The van der Waals surface area contributed by atoms with E-state index < -0.39 is 12.0 Å². The molecule has 0 heterocycles. The van der Waals surface area contributed by atoms with Crippen molar-refractivity contribution in [1.29, 1.82) is 0 Å². The van der Waals surface area contributed by atoms with Crippen LogP contribution in [-0.2, 0) is 9.59 Å². The Hall–Kier alpha value is -1.10. The van der Waals surface area contributed by atoms with Crippen molar-refractivity contribution in [3.05, 3.63) is 0 Å². The van der Waals surface area contributed by atoms with Gasteiger partial charge in [0.15, 0.2) is 0 Å². The van der Waals surface area contributed by atoms with Crippen LogP contribution >= 0.6 is 0 Å². The van der Waals surface area contributed by atoms with Gasteiger partial charge >= 0.3 is 5.97 Å². The summed E-state index contributed by atoms with van der Waals surface area (Å²) in [6.07, 6.45) is 0.717. The minimum Gasteiger partial charge on any atom is -0.480 e. The van der Waals surface area contributed by atoms with Crippen molar-refractivity contribution in [2.75, 3.05) is 6.54 Å². The Labute approximate surface area is 96.6 Å². The van der Waals surface area contributed by atoms with E-state index in [0.29, 0.717) is 0 Å². The van der Waals surface area contributed by atoms with Gasteiger partial charge in [-0.1, -0.05) is 34.1 Å². The molecule has 3 N–H and O–H groups in total. The number of hydrogen-bond donors (Lipinski definition) is 3. The van der Waals surface area contributed by atoms with Crippen molar-refractivity contribution in [3.8, 4) is 0 Å². The van der Waals surface area contributed by atoms with Gasteiger partial charge < -0.3 is 15.7 Å². The Morgan fingerprint density at radius 3 is 2.19 bits per heavy atom. The fraction of sp³-hybridized carbons (Fsp3) is 0.818. The number of hydrogen-bond acceptors (Lipinski definition) is 3. The van der Waals surface area contributed by atoms with Gasteiger partial charge in [0.1, 0.15) is 6.04 Å². The normalized spacial score (nSPS) is 14.6. The molecule has 0 unspecified atom stereocenters. The summed E-state index contributed by atoms with van der Waals surface area (Å²) in [4.78, 5) is 22.4. The highest BCUT2D eigenvalue weighted by Gasteiger charge is 2.24. The third kappa shape index (κ3) is 5.70. The number of nitrogens with one attached hydrogen (secondary N) is 2. The monoisotopic (exact) mass is 230 g/mol. The molecule has 0 saturated heterocycles. The molecule has 0 aromatic carbocycles. The van der Waals surface area contributed by atoms with Gasteiger partial charge in [-0.05, 0) is 5.92 Å². The van der Waals surface area contributed by atoms with Gasteiger partial charge in [-0.2, -0.15) is 0 Å². The molecule has 1 amide bonds. The Morgan fingerprint density at radius 2 is 1.81 bits per heavy atom. The predicted octanol–water partition coefficient (Wildman–Crippen LogP) is 0.600. The van der Waals surface area contributed by atoms with Gasteiger partial charge in [0, 0.05) is 6.04 Å². The van der Waals surface area contributed by atoms with E-state index in [1.807, 2.05) is 27.7 Å². The van der Waals surface area contributed by atoms with Crippen LogP contribution in [0.2, 0.25) is 0 Å². The van der Waals surface area contributed by atoms with E-state index in [2.05, 4.69) is 10.6 Å². The van der Waals surface area contributed by atoms with Crippen molar-refractivity contribution >= 4 is 11.9 Å². The van der Waals surface area contributed by atoms with E-state index in [9.17, 15) is 9.59 Å². The fourth-order valence-electron chi connectivity index (χ4n) is 1.20. The third-order valence-corrected chi connectivity index (χ3v) is 2.47. The Kier molecular flexibility index (Phi) is 6.72. The molecule has 2 atom stereocenters. The van der Waals surface area contributed by atoms with E-state index in [1.165, 1.54) is 0 Å². The highest BCUT2D eigenvalue weighted by atomic mass is 16.4. The number of carboxylic acids is 1. The highest BCUT2D eigenvalue weighted by molar-refractivity contribution is 5.84. The lowest BCUT2D eigenvalue weighted by atomic mass is 9.99. The first-order chi connectivity index (χ1) is 7.38. The van der Waals surface area contributed by atoms with Gasteiger partial charge in [0.2, 0.25) is 5.91 Å². The SMILES string of the molecule is CC[C@H](C)[C@H](NC(=O)CNC(C)C)C(=O)O. The molecule has 94 valence electrons. The number of carboxylic acid groups (broad SMARTS) is 1. The maximum Gasteiger partial charge on any atom is 0.326 e. The van der Waals surface area contributed by atoms with Crippen LogP contribution in [-0.4, -0.2) is 35.6 Å². The first kappa shape index (κ1) is 14.9. The molecule has 16 heavy (non-hydrogen) atoms. The highest BCUT2D eigenvalue weighted by Crippen LogP contribution is 2.07. The van der Waals surface area contributed by atoms with Gasteiger partial charge in [0.25, 0.3) is 0 Å². The maximum absolute atomic E-state index is 11.4. The molecule has 0 spiro atoms. The van der Waals surface area contributed by atoms with Gasteiger partial charge in [-0.3, -0.25) is 4.79 Å². The molecule has 0 aliphatic heterocycles. The van der Waals surface area contributed by atoms with E-state index >= 15 is 0 Å². The van der Waals surface area contributed by atoms with Crippen LogP contribution in [0.1, 0.15) is 34.1 Å². The standard InChI is InChI=1S/C11H22N2O3/c1-5-8(4)10(11(15)16)13-9(14)6-12-7(2)3/h7-8,10,12H,5-6H2,1-4H3,(H,13,14)(H,15,16)/t8-,10-/m0/s1. The van der Waals surface area contributed by atoms with Gasteiger partial charge in [-0.15, -0.1) is 0 Å². The van der Waals surface area contributed by atoms with Gasteiger partial charge in [-0.25, -0.2) is 4.79 Å². The second-order valence-electron chi connectivity index (χ2n) is 4.30. The number of rotatable bonds is 7. The van der Waals surface area contributed by atoms with Crippen LogP contribution in [0.25, 0.3) is 0 Å². The van der Waals surface area contributed by atoms with Crippen molar-refractivity contribution in [2.24, 2.45) is 5.92 Å². The lowest BCUT2D eigenvalue weighted by Crippen LogP contribution is -2.48. The first-order valence-electron chi connectivity index (χ1n) is 5.64. The zero-order chi connectivity index (χ0) is 12.7. The molecular weight excluding hydrogens is 208 g/mol. The topological polar surface area (TPSA) is 78.4 Å². The molecule has 5 heteroatoms. The molecule has 5 nitrogen and oxygen atoms in total. The quantitative estimate of drug-likeness (QED) is 0.598. The number of aliphatic carboxylic acids is 1. The average molecular weight is 230 g/mol. The van der Waals surface area contributed by atoms with Crippen LogP contribution in [0.15, 0.2) is 0 Å². The minimum atomic E-state index is -0.979. The fourth-order valence-corrected chi connectivity index (χ4v) is 1.20. The van der Waals surface area contributed by atoms with Crippen molar-refractivity contribution in [1.82, 2.24) is 10.6 Å². The summed E-state index contributed by atoms with van der Waals surface area (Å²) >= 11 is 0. The lowest BCUT2D eigenvalue weighted by molar-refractivity contribution is -0.143. The predicted molar refractivity (Wildman–Crippen MR) is 62.2 cm³/mol. The molecule has 0 bridgehead atoms. The largest absolute Gasteiger partial charge is 0.480 e. The molecule has 0 aliphatic rings. The molecule has 0 rings (SSSR count). The summed E-state index contributed by atoms with van der Waals surface area (Å²) in [7, 11) is 0. The summed E-state index contributed by atoms with van der Waals surface area (Å²) in [5.74, 6) is -1.32. The summed E-state index contributed by atoms with van der Waals surface area (Å²) in [6, 6.07) is -0.593. The maximum atomic E-state index is 11.4. The third-order valence-electron chi connectivity index (χ3n) is 2.47. The van der Waals surface area contributed by atoms with Crippen LogP contribution in [0.3, 0.4) is 0 Å². The van der Waals surface area contributed by atoms with E-state index in [-0.39, 0.29) is 24.4 Å². The summed E-state index contributed by atoms with van der Waals surface area (Å²) in [6.45, 7) is 7.72. The van der Waals surface area contributed by atoms with Crippen LogP contribution in [0.5, 0.6) is 0 Å². The Balaban J connectivity index is 4.19. The van der Waals surface area contributed by atoms with Crippen LogP contribution in [0.4, 0.5) is 0 Å². The molecule has 0 fully saturated rings. The second-order valence-corrected chi connectivity index (χ2v) is 4.30. The molecule has 0 aromatic rings.